The molecule has 9 heteroatoms. The van der Waals surface area contributed by atoms with Gasteiger partial charge in [0.25, 0.3) is 5.92 Å². The molecule has 0 bridgehead atoms. The van der Waals surface area contributed by atoms with Gasteiger partial charge in [0.05, 0.1) is 12.1 Å². The van der Waals surface area contributed by atoms with Gasteiger partial charge in [-0.2, -0.15) is 0 Å². The largest absolute Gasteiger partial charge is 0.382 e. The standard InChI is InChI=1S/C25H26F2N6O/c1-5-21(16-33(3)4)31-24-29-14-19(15-30-24)18-8-6-17(7-9-18)12-23(34)32-22-13-20(10-11-28-22)25(2,26)27/h5-11,13-16H,1,12H2,2-4H3,(H,28,32,34)(H,29,30,31)/b21-16+. The highest BCUT2D eigenvalue weighted by Crippen LogP contribution is 2.27. The first-order valence-corrected chi connectivity index (χ1v) is 10.5. The fraction of sp³-hybridized carbons (Fsp3) is 0.200. The molecule has 2 aromatic heterocycles. The normalized spacial score (nSPS) is 11.6. The van der Waals surface area contributed by atoms with Crippen LogP contribution in [0.5, 0.6) is 0 Å². The van der Waals surface area contributed by atoms with Crippen LogP contribution in [0.25, 0.3) is 11.1 Å². The Labute approximate surface area is 197 Å². The molecule has 0 radical (unpaired) electrons. The molecule has 0 saturated carbocycles. The summed E-state index contributed by atoms with van der Waals surface area (Å²) < 4.78 is 27.0. The lowest BCUT2D eigenvalue weighted by atomic mass is 10.1. The number of pyridine rings is 1. The van der Waals surface area contributed by atoms with E-state index in [9.17, 15) is 13.6 Å². The van der Waals surface area contributed by atoms with Crippen LogP contribution in [0.2, 0.25) is 0 Å². The molecule has 0 aliphatic rings. The number of benzene rings is 1. The van der Waals surface area contributed by atoms with Gasteiger partial charge in [0.2, 0.25) is 11.9 Å². The SMILES string of the molecule is C=C/C(=C\N(C)C)Nc1ncc(-c2ccc(CC(=O)Nc3cc(C(C)(F)F)ccn3)cc2)cn1. The second-order valence-electron chi connectivity index (χ2n) is 7.91. The van der Waals surface area contributed by atoms with E-state index in [-0.39, 0.29) is 23.7 Å². The predicted molar refractivity (Wildman–Crippen MR) is 129 cm³/mol. The number of alkyl halides is 2. The number of hydrogen-bond acceptors (Lipinski definition) is 6. The first kappa shape index (κ1) is 24.5. The quantitative estimate of drug-likeness (QED) is 0.441. The van der Waals surface area contributed by atoms with Crippen LogP contribution in [0, 0.1) is 0 Å². The molecule has 0 aliphatic carbocycles. The third kappa shape index (κ3) is 6.93. The number of hydrogen-bond donors (Lipinski definition) is 2. The van der Waals surface area contributed by atoms with Crippen LogP contribution >= 0.6 is 0 Å². The number of allylic oxidation sites excluding steroid dienone is 1. The Bertz CT molecular complexity index is 1170. The van der Waals surface area contributed by atoms with E-state index in [1.807, 2.05) is 49.5 Å². The summed E-state index contributed by atoms with van der Waals surface area (Å²) in [5.74, 6) is -2.82. The maximum Gasteiger partial charge on any atom is 0.270 e. The average Bonchev–Trinajstić information content (AvgIpc) is 2.79. The van der Waals surface area contributed by atoms with Gasteiger partial charge >= 0.3 is 0 Å². The Kier molecular flexibility index (Phi) is 7.68. The highest BCUT2D eigenvalue weighted by molar-refractivity contribution is 5.91. The molecule has 0 atom stereocenters. The molecule has 1 aromatic carbocycles. The fourth-order valence-electron chi connectivity index (χ4n) is 3.04. The van der Waals surface area contributed by atoms with Gasteiger partial charge in [-0.05, 0) is 29.3 Å². The first-order valence-electron chi connectivity index (χ1n) is 10.5. The maximum absolute atomic E-state index is 13.5. The van der Waals surface area contributed by atoms with E-state index in [0.29, 0.717) is 5.95 Å². The number of aromatic nitrogens is 3. The lowest BCUT2D eigenvalue weighted by molar-refractivity contribution is -0.115. The van der Waals surface area contributed by atoms with Crippen LogP contribution in [0.15, 0.2) is 79.5 Å². The van der Waals surface area contributed by atoms with E-state index in [2.05, 4.69) is 32.2 Å². The highest BCUT2D eigenvalue weighted by Gasteiger charge is 2.24. The van der Waals surface area contributed by atoms with Gasteiger partial charge in [-0.1, -0.05) is 30.8 Å². The lowest BCUT2D eigenvalue weighted by Crippen LogP contribution is -2.16. The molecule has 3 rings (SSSR count). The average molecular weight is 465 g/mol. The van der Waals surface area contributed by atoms with Crippen molar-refractivity contribution in [3.05, 3.63) is 90.7 Å². The number of carbonyl (C=O) groups excluding carboxylic acids is 1. The van der Waals surface area contributed by atoms with Gasteiger partial charge < -0.3 is 15.5 Å². The van der Waals surface area contributed by atoms with Crippen molar-refractivity contribution in [1.29, 1.82) is 0 Å². The number of carbonyl (C=O) groups is 1. The summed E-state index contributed by atoms with van der Waals surface area (Å²) in [5, 5.41) is 5.65. The molecule has 176 valence electrons. The first-order chi connectivity index (χ1) is 16.1. The fourth-order valence-corrected chi connectivity index (χ4v) is 3.04. The smallest absolute Gasteiger partial charge is 0.270 e. The minimum atomic E-state index is -3.01. The number of amides is 1. The minimum absolute atomic E-state index is 0.0800. The molecule has 0 saturated heterocycles. The third-order valence-corrected chi connectivity index (χ3v) is 4.71. The summed E-state index contributed by atoms with van der Waals surface area (Å²) >= 11 is 0. The molecule has 0 aliphatic heterocycles. The van der Waals surface area contributed by atoms with Crippen molar-refractivity contribution in [2.75, 3.05) is 24.7 Å². The Balaban J connectivity index is 1.62. The maximum atomic E-state index is 13.5. The second kappa shape index (κ2) is 10.7. The van der Waals surface area contributed by atoms with Crippen LogP contribution in [-0.4, -0.2) is 39.9 Å². The molecule has 0 unspecified atom stereocenters. The summed E-state index contributed by atoms with van der Waals surface area (Å²) in [6.07, 6.45) is 8.28. The van der Waals surface area contributed by atoms with Crippen molar-refractivity contribution in [2.45, 2.75) is 19.3 Å². The third-order valence-electron chi connectivity index (χ3n) is 4.71. The molecule has 7 nitrogen and oxygen atoms in total. The molecule has 0 spiro atoms. The second-order valence-corrected chi connectivity index (χ2v) is 7.91. The van der Waals surface area contributed by atoms with E-state index in [1.165, 1.54) is 18.3 Å². The van der Waals surface area contributed by atoms with Gasteiger partial charge in [0.15, 0.2) is 0 Å². The zero-order valence-electron chi connectivity index (χ0n) is 19.2. The summed E-state index contributed by atoms with van der Waals surface area (Å²) in [4.78, 5) is 26.8. The zero-order chi connectivity index (χ0) is 24.7. The van der Waals surface area contributed by atoms with E-state index in [0.717, 1.165) is 29.3 Å². The molecule has 0 fully saturated rings. The monoisotopic (exact) mass is 464 g/mol. The van der Waals surface area contributed by atoms with Gasteiger partial charge in [-0.3, -0.25) is 4.79 Å². The van der Waals surface area contributed by atoms with E-state index >= 15 is 0 Å². The van der Waals surface area contributed by atoms with Crippen LogP contribution in [0.4, 0.5) is 20.5 Å². The van der Waals surface area contributed by atoms with Crippen molar-refractivity contribution in [2.24, 2.45) is 0 Å². The van der Waals surface area contributed by atoms with Crippen molar-refractivity contribution in [1.82, 2.24) is 19.9 Å². The summed E-state index contributed by atoms with van der Waals surface area (Å²) in [7, 11) is 3.81. The molecule has 3 aromatic rings. The van der Waals surface area contributed by atoms with Crippen molar-refractivity contribution in [3.63, 3.8) is 0 Å². The summed E-state index contributed by atoms with van der Waals surface area (Å²) in [5.41, 5.74) is 3.04. The highest BCUT2D eigenvalue weighted by atomic mass is 19.3. The van der Waals surface area contributed by atoms with Crippen LogP contribution < -0.4 is 10.6 Å². The van der Waals surface area contributed by atoms with E-state index in [1.54, 1.807) is 18.5 Å². The van der Waals surface area contributed by atoms with Crippen molar-refractivity contribution >= 4 is 17.7 Å². The topological polar surface area (TPSA) is 83.0 Å². The van der Waals surface area contributed by atoms with Crippen molar-refractivity contribution < 1.29 is 13.6 Å². The summed E-state index contributed by atoms with van der Waals surface area (Å²) in [6.45, 7) is 4.56. The summed E-state index contributed by atoms with van der Waals surface area (Å²) in [6, 6.07) is 9.77. The number of nitrogens with zero attached hydrogens (tertiary/aromatic N) is 4. The molecular weight excluding hydrogens is 438 g/mol. The van der Waals surface area contributed by atoms with Crippen LogP contribution in [-0.2, 0) is 17.1 Å². The lowest BCUT2D eigenvalue weighted by Gasteiger charge is -2.12. The number of nitrogens with one attached hydrogen (secondary N) is 2. The number of rotatable bonds is 9. The number of anilines is 2. The van der Waals surface area contributed by atoms with Gasteiger partial charge in [-0.25, -0.2) is 23.7 Å². The Morgan fingerprint density at radius 2 is 1.74 bits per heavy atom. The molecule has 2 N–H and O–H groups in total. The molecular formula is C25H26F2N6O. The van der Waals surface area contributed by atoms with Crippen LogP contribution in [0.1, 0.15) is 18.1 Å². The molecule has 2 heterocycles. The zero-order valence-corrected chi connectivity index (χ0v) is 19.2. The molecule has 1 amide bonds. The van der Waals surface area contributed by atoms with Crippen LogP contribution in [0.3, 0.4) is 0 Å². The Morgan fingerprint density at radius 3 is 2.32 bits per heavy atom. The van der Waals surface area contributed by atoms with Gasteiger partial charge in [0, 0.05) is 56.9 Å². The Hall–Kier alpha value is -4.14. The van der Waals surface area contributed by atoms with E-state index < -0.39 is 5.92 Å². The predicted octanol–water partition coefficient (Wildman–Crippen LogP) is 4.83. The van der Waals surface area contributed by atoms with Gasteiger partial charge in [0.1, 0.15) is 5.82 Å². The minimum Gasteiger partial charge on any atom is -0.382 e. The van der Waals surface area contributed by atoms with Gasteiger partial charge in [-0.15, -0.1) is 0 Å². The molecule has 34 heavy (non-hydrogen) atoms. The van der Waals surface area contributed by atoms with Crippen molar-refractivity contribution in [3.8, 4) is 11.1 Å². The number of halogens is 2. The Morgan fingerprint density at radius 1 is 1.06 bits per heavy atom. The van der Waals surface area contributed by atoms with E-state index in [4.69, 9.17) is 0 Å².